The molecule has 0 unspecified atom stereocenters. The Hall–Kier alpha value is -1.58. The lowest BCUT2D eigenvalue weighted by molar-refractivity contribution is -0.177. The van der Waals surface area contributed by atoms with Crippen LogP contribution in [0.2, 0.25) is 0 Å². The van der Waals surface area contributed by atoms with E-state index >= 15 is 0 Å². The van der Waals surface area contributed by atoms with Gasteiger partial charge < -0.3 is 9.47 Å². The second-order valence-corrected chi connectivity index (χ2v) is 15.1. The third-order valence-electron chi connectivity index (χ3n) is 12.4. The standard InChI is InChI=1S/C34H54O4/c1-21-11-15-27-31(5,6)29(37-23(3)35)17-19-33(27,9)25(21)13-14-26-22(2)12-16-28-32(7,8)30(38-24(4)36)18-20-34(26,28)10/h25-30H,1-2,11-20H2,3-10H3/t25-,26+,27-,28+,29-,30-,33+,34+/m0/s1. The average Bonchev–Trinajstić information content (AvgIpc) is 2.78. The summed E-state index contributed by atoms with van der Waals surface area (Å²) in [4.78, 5) is 23.7. The highest BCUT2D eigenvalue weighted by atomic mass is 16.5. The van der Waals surface area contributed by atoms with Gasteiger partial charge in [0.25, 0.3) is 0 Å². The van der Waals surface area contributed by atoms with Crippen LogP contribution in [-0.4, -0.2) is 24.1 Å². The maximum absolute atomic E-state index is 11.9. The highest BCUT2D eigenvalue weighted by Crippen LogP contribution is 2.65. The molecule has 214 valence electrons. The lowest BCUT2D eigenvalue weighted by atomic mass is 9.44. The van der Waals surface area contributed by atoms with Gasteiger partial charge in [-0.1, -0.05) is 65.8 Å². The second-order valence-electron chi connectivity index (χ2n) is 15.1. The van der Waals surface area contributed by atoms with Crippen LogP contribution in [0.5, 0.6) is 0 Å². The molecule has 0 heterocycles. The van der Waals surface area contributed by atoms with Crippen molar-refractivity contribution in [3.63, 3.8) is 0 Å². The lowest BCUT2D eigenvalue weighted by Gasteiger charge is -2.61. The molecular formula is C34H54O4. The number of allylic oxidation sites excluding steroid dienone is 2. The van der Waals surface area contributed by atoms with Crippen molar-refractivity contribution in [3.05, 3.63) is 24.3 Å². The molecule has 0 spiro atoms. The van der Waals surface area contributed by atoms with E-state index in [1.54, 1.807) is 13.8 Å². The summed E-state index contributed by atoms with van der Waals surface area (Å²) in [7, 11) is 0. The summed E-state index contributed by atoms with van der Waals surface area (Å²) in [6.07, 6.45) is 10.8. The molecule has 8 atom stereocenters. The number of carbonyl (C=O) groups is 2. The first-order valence-electron chi connectivity index (χ1n) is 15.2. The van der Waals surface area contributed by atoms with E-state index in [4.69, 9.17) is 9.47 Å². The van der Waals surface area contributed by atoms with Gasteiger partial charge in [0.05, 0.1) is 0 Å². The van der Waals surface area contributed by atoms with Gasteiger partial charge in [0, 0.05) is 24.7 Å². The van der Waals surface area contributed by atoms with Crippen LogP contribution < -0.4 is 0 Å². The van der Waals surface area contributed by atoms with E-state index in [0.29, 0.717) is 23.7 Å². The van der Waals surface area contributed by atoms with Crippen LogP contribution in [0.15, 0.2) is 24.3 Å². The molecule has 0 bridgehead atoms. The van der Waals surface area contributed by atoms with Gasteiger partial charge in [-0.3, -0.25) is 9.59 Å². The smallest absolute Gasteiger partial charge is 0.302 e. The molecule has 4 aliphatic rings. The Morgan fingerprint density at radius 1 is 0.684 bits per heavy atom. The van der Waals surface area contributed by atoms with Crippen molar-refractivity contribution in [2.75, 3.05) is 0 Å². The average molecular weight is 527 g/mol. The molecule has 0 amide bonds. The fourth-order valence-corrected chi connectivity index (χ4v) is 10.5. The van der Waals surface area contributed by atoms with Crippen molar-refractivity contribution in [3.8, 4) is 0 Å². The number of fused-ring (bicyclic) bond motifs is 2. The van der Waals surface area contributed by atoms with Gasteiger partial charge in [0.1, 0.15) is 12.2 Å². The minimum absolute atomic E-state index is 0.00230. The maximum Gasteiger partial charge on any atom is 0.302 e. The molecule has 0 radical (unpaired) electrons. The highest BCUT2D eigenvalue weighted by Gasteiger charge is 2.59. The SMILES string of the molecule is C=C1CC[C@@H]2C(C)(C)[C@@H](OC(C)=O)CC[C@]2(C)[C@@H]1CC[C@H]1C(=C)CC[C@H]2C(C)(C)[C@@H](OC(C)=O)CC[C@]12C. The van der Waals surface area contributed by atoms with Crippen LogP contribution in [0.1, 0.15) is 120 Å². The zero-order chi connectivity index (χ0) is 28.3. The van der Waals surface area contributed by atoms with Crippen molar-refractivity contribution >= 4 is 11.9 Å². The molecule has 4 nitrogen and oxygen atoms in total. The lowest BCUT2D eigenvalue weighted by Crippen LogP contribution is -2.56. The number of carbonyl (C=O) groups excluding carboxylic acids is 2. The summed E-state index contributed by atoms with van der Waals surface area (Å²) < 4.78 is 11.7. The van der Waals surface area contributed by atoms with E-state index in [0.717, 1.165) is 64.2 Å². The zero-order valence-electron chi connectivity index (χ0n) is 25.6. The molecule has 0 aliphatic heterocycles. The third-order valence-corrected chi connectivity index (χ3v) is 12.4. The summed E-state index contributed by atoms with van der Waals surface area (Å²) in [6, 6.07) is 0. The molecule has 4 rings (SSSR count). The summed E-state index contributed by atoms with van der Waals surface area (Å²) >= 11 is 0. The first-order chi connectivity index (χ1) is 17.5. The zero-order valence-corrected chi connectivity index (χ0v) is 25.6. The Balaban J connectivity index is 1.55. The first kappa shape index (κ1) is 29.4. The van der Waals surface area contributed by atoms with E-state index in [1.807, 2.05) is 0 Å². The van der Waals surface area contributed by atoms with E-state index in [9.17, 15) is 9.59 Å². The summed E-state index contributed by atoms with van der Waals surface area (Å²) in [5.41, 5.74) is 3.13. The van der Waals surface area contributed by atoms with Gasteiger partial charge in [-0.05, 0) is 98.7 Å². The molecular weight excluding hydrogens is 472 g/mol. The van der Waals surface area contributed by atoms with Crippen LogP contribution in [-0.2, 0) is 19.1 Å². The summed E-state index contributed by atoms with van der Waals surface area (Å²) in [5.74, 6) is 1.68. The van der Waals surface area contributed by atoms with Gasteiger partial charge in [-0.2, -0.15) is 0 Å². The summed E-state index contributed by atoms with van der Waals surface area (Å²) in [6.45, 7) is 26.7. The number of ether oxygens (including phenoxy) is 2. The molecule has 4 fully saturated rings. The number of hydrogen-bond donors (Lipinski definition) is 0. The topological polar surface area (TPSA) is 52.6 Å². The Morgan fingerprint density at radius 3 is 1.34 bits per heavy atom. The molecule has 38 heavy (non-hydrogen) atoms. The Bertz CT molecular complexity index is 897. The Morgan fingerprint density at radius 2 is 1.03 bits per heavy atom. The molecule has 0 saturated heterocycles. The van der Waals surface area contributed by atoms with Gasteiger partial charge in [-0.15, -0.1) is 0 Å². The quantitative estimate of drug-likeness (QED) is 0.266. The van der Waals surface area contributed by atoms with Gasteiger partial charge >= 0.3 is 11.9 Å². The fourth-order valence-electron chi connectivity index (χ4n) is 10.5. The Labute approximate surface area is 232 Å². The van der Waals surface area contributed by atoms with Crippen molar-refractivity contribution < 1.29 is 19.1 Å². The van der Waals surface area contributed by atoms with Crippen LogP contribution in [0, 0.1) is 45.3 Å². The van der Waals surface area contributed by atoms with Crippen molar-refractivity contribution in [1.82, 2.24) is 0 Å². The monoisotopic (exact) mass is 526 g/mol. The molecule has 4 aliphatic carbocycles. The second kappa shape index (κ2) is 10.1. The molecule has 4 heteroatoms. The fraction of sp³-hybridized carbons (Fsp3) is 0.824. The van der Waals surface area contributed by atoms with Crippen molar-refractivity contribution in [2.45, 2.75) is 132 Å². The highest BCUT2D eigenvalue weighted by molar-refractivity contribution is 5.66. The maximum atomic E-state index is 11.9. The minimum Gasteiger partial charge on any atom is -0.462 e. The molecule has 0 aromatic carbocycles. The largest absolute Gasteiger partial charge is 0.462 e. The molecule has 0 N–H and O–H groups in total. The van der Waals surface area contributed by atoms with Crippen LogP contribution in [0.25, 0.3) is 0 Å². The minimum atomic E-state index is -0.159. The van der Waals surface area contributed by atoms with Gasteiger partial charge in [0.2, 0.25) is 0 Å². The van der Waals surface area contributed by atoms with Crippen LogP contribution in [0.4, 0.5) is 0 Å². The first-order valence-corrected chi connectivity index (χ1v) is 15.2. The van der Waals surface area contributed by atoms with Crippen LogP contribution >= 0.6 is 0 Å². The van der Waals surface area contributed by atoms with E-state index in [1.165, 1.54) is 11.1 Å². The number of hydrogen-bond acceptors (Lipinski definition) is 4. The normalized spacial score (nSPS) is 42.0. The third kappa shape index (κ3) is 4.81. The predicted octanol–water partition coefficient (Wildman–Crippen LogP) is 8.45. The van der Waals surface area contributed by atoms with E-state index in [2.05, 4.69) is 54.7 Å². The van der Waals surface area contributed by atoms with Gasteiger partial charge in [-0.25, -0.2) is 0 Å². The van der Waals surface area contributed by atoms with E-state index < -0.39 is 0 Å². The summed E-state index contributed by atoms with van der Waals surface area (Å²) in [5, 5.41) is 0. The molecule has 0 aromatic heterocycles. The van der Waals surface area contributed by atoms with E-state index in [-0.39, 0.29) is 45.8 Å². The molecule has 0 aromatic rings. The molecule has 4 saturated carbocycles. The van der Waals surface area contributed by atoms with Crippen molar-refractivity contribution in [1.29, 1.82) is 0 Å². The van der Waals surface area contributed by atoms with Gasteiger partial charge in [0.15, 0.2) is 0 Å². The predicted molar refractivity (Wildman–Crippen MR) is 153 cm³/mol. The van der Waals surface area contributed by atoms with Crippen molar-refractivity contribution in [2.24, 2.45) is 45.3 Å². The Kier molecular flexibility index (Phi) is 7.82. The number of rotatable bonds is 5. The number of esters is 2. The van der Waals surface area contributed by atoms with Crippen LogP contribution in [0.3, 0.4) is 0 Å².